The predicted octanol–water partition coefficient (Wildman–Crippen LogP) is 4.10. The van der Waals surface area contributed by atoms with Crippen LogP contribution in [0.4, 0.5) is 5.69 Å². The Kier molecular flexibility index (Phi) is 8.11. The van der Waals surface area contributed by atoms with E-state index in [1.54, 1.807) is 26.4 Å². The highest BCUT2D eigenvalue weighted by Gasteiger charge is 2.17. The lowest BCUT2D eigenvalue weighted by Crippen LogP contribution is -2.20. The van der Waals surface area contributed by atoms with Crippen molar-refractivity contribution in [2.75, 3.05) is 20.0 Å². The number of carbonyl (C=O) groups excluding carboxylic acids is 1. The maximum atomic E-state index is 12.4. The molecule has 0 unspecified atom stereocenters. The SMILES string of the molecule is COc1ccc(-c2nnc(SCC(=O)N/N=C\c3cccc([N+](=O)[O-])c3)n2-c2ccc(OC)cc2)cc1. The zero-order chi connectivity index (χ0) is 26.2. The van der Waals surface area contributed by atoms with Crippen LogP contribution in [-0.2, 0) is 4.79 Å². The molecule has 12 heteroatoms. The number of nitro groups is 1. The van der Waals surface area contributed by atoms with Gasteiger partial charge in [0.15, 0.2) is 11.0 Å². The molecule has 0 aliphatic rings. The summed E-state index contributed by atoms with van der Waals surface area (Å²) < 4.78 is 12.4. The second kappa shape index (κ2) is 11.8. The average molecular weight is 519 g/mol. The van der Waals surface area contributed by atoms with E-state index >= 15 is 0 Å². The van der Waals surface area contributed by atoms with Crippen molar-refractivity contribution in [2.45, 2.75) is 5.16 Å². The van der Waals surface area contributed by atoms with Gasteiger partial charge in [0.05, 0.1) is 31.1 Å². The number of aromatic nitrogens is 3. The van der Waals surface area contributed by atoms with E-state index in [4.69, 9.17) is 9.47 Å². The van der Waals surface area contributed by atoms with E-state index < -0.39 is 4.92 Å². The van der Waals surface area contributed by atoms with Crippen molar-refractivity contribution in [3.8, 4) is 28.6 Å². The number of ether oxygens (including phenoxy) is 2. The van der Waals surface area contributed by atoms with Crippen molar-refractivity contribution in [1.29, 1.82) is 0 Å². The Morgan fingerprint density at radius 1 is 1.05 bits per heavy atom. The molecule has 4 rings (SSSR count). The molecule has 11 nitrogen and oxygen atoms in total. The van der Waals surface area contributed by atoms with E-state index in [1.807, 2.05) is 53.1 Å². The molecule has 0 atom stereocenters. The monoisotopic (exact) mass is 518 g/mol. The first kappa shape index (κ1) is 25.4. The Labute approximate surface area is 216 Å². The number of thioether (sulfide) groups is 1. The van der Waals surface area contributed by atoms with Crippen LogP contribution in [0.5, 0.6) is 11.5 Å². The van der Waals surface area contributed by atoms with Gasteiger partial charge in [-0.2, -0.15) is 5.10 Å². The van der Waals surface area contributed by atoms with Gasteiger partial charge in [0, 0.05) is 28.9 Å². The number of amides is 1. The van der Waals surface area contributed by atoms with Gasteiger partial charge in [0.25, 0.3) is 11.6 Å². The van der Waals surface area contributed by atoms with Crippen molar-refractivity contribution in [1.82, 2.24) is 20.2 Å². The molecule has 1 aromatic heterocycles. The first-order valence-electron chi connectivity index (χ1n) is 10.9. The molecule has 0 aliphatic heterocycles. The van der Waals surface area contributed by atoms with Crippen LogP contribution in [0.15, 0.2) is 83.1 Å². The van der Waals surface area contributed by atoms with Gasteiger partial charge in [-0.05, 0) is 48.5 Å². The van der Waals surface area contributed by atoms with Gasteiger partial charge in [-0.15, -0.1) is 10.2 Å². The molecule has 0 bridgehead atoms. The Balaban J connectivity index is 1.51. The summed E-state index contributed by atoms with van der Waals surface area (Å²) in [5.41, 5.74) is 4.48. The van der Waals surface area contributed by atoms with Crippen LogP contribution in [0.3, 0.4) is 0 Å². The number of rotatable bonds is 10. The summed E-state index contributed by atoms with van der Waals surface area (Å²) in [6.45, 7) is 0. The normalized spacial score (nSPS) is 10.9. The fourth-order valence-corrected chi connectivity index (χ4v) is 4.06. The second-order valence-corrected chi connectivity index (χ2v) is 8.44. The molecular formula is C25H22N6O5S. The Morgan fingerprint density at radius 2 is 1.73 bits per heavy atom. The first-order valence-corrected chi connectivity index (χ1v) is 11.9. The van der Waals surface area contributed by atoms with Crippen LogP contribution in [0.2, 0.25) is 0 Å². The number of carbonyl (C=O) groups is 1. The summed E-state index contributed by atoms with van der Waals surface area (Å²) in [4.78, 5) is 22.8. The summed E-state index contributed by atoms with van der Waals surface area (Å²) in [6, 6.07) is 20.8. The molecular weight excluding hydrogens is 496 g/mol. The minimum Gasteiger partial charge on any atom is -0.497 e. The van der Waals surface area contributed by atoms with Gasteiger partial charge >= 0.3 is 0 Å². The Bertz CT molecular complexity index is 1420. The molecule has 37 heavy (non-hydrogen) atoms. The predicted molar refractivity (Wildman–Crippen MR) is 139 cm³/mol. The van der Waals surface area contributed by atoms with E-state index in [0.29, 0.717) is 22.3 Å². The standard InChI is InChI=1S/C25H22N6O5S/c1-35-21-10-6-18(7-11-21)24-28-29-25(30(24)19-8-12-22(36-2)13-9-19)37-16-23(32)27-26-15-17-4-3-5-20(14-17)31(33)34/h3-15H,16H2,1-2H3,(H,27,32)/b26-15-. The fourth-order valence-electron chi connectivity index (χ4n) is 3.31. The highest BCUT2D eigenvalue weighted by atomic mass is 32.2. The quantitative estimate of drug-likeness (QED) is 0.144. The van der Waals surface area contributed by atoms with Gasteiger partial charge < -0.3 is 9.47 Å². The summed E-state index contributed by atoms with van der Waals surface area (Å²) in [7, 11) is 3.19. The third-order valence-corrected chi connectivity index (χ3v) is 6.06. The molecule has 0 fully saturated rings. The van der Waals surface area contributed by atoms with Gasteiger partial charge in [0.2, 0.25) is 0 Å². The molecule has 4 aromatic rings. The van der Waals surface area contributed by atoms with E-state index in [1.165, 1.54) is 30.1 Å². The number of hydrazone groups is 1. The van der Waals surface area contributed by atoms with Crippen LogP contribution in [0, 0.1) is 10.1 Å². The van der Waals surface area contributed by atoms with Gasteiger partial charge in [-0.25, -0.2) is 5.43 Å². The molecule has 188 valence electrons. The number of hydrogen-bond donors (Lipinski definition) is 1. The van der Waals surface area contributed by atoms with Crippen LogP contribution >= 0.6 is 11.8 Å². The number of non-ortho nitro benzene ring substituents is 1. The highest BCUT2D eigenvalue weighted by Crippen LogP contribution is 2.29. The van der Waals surface area contributed by atoms with Crippen LogP contribution < -0.4 is 14.9 Å². The smallest absolute Gasteiger partial charge is 0.270 e. The van der Waals surface area contributed by atoms with E-state index in [2.05, 4.69) is 20.7 Å². The Morgan fingerprint density at radius 3 is 2.38 bits per heavy atom. The minimum absolute atomic E-state index is 0.0170. The Hall–Kier alpha value is -4.71. The molecule has 0 spiro atoms. The summed E-state index contributed by atoms with van der Waals surface area (Å²) in [5, 5.41) is 24.0. The van der Waals surface area contributed by atoms with E-state index in [0.717, 1.165) is 17.0 Å². The average Bonchev–Trinajstić information content (AvgIpc) is 3.36. The van der Waals surface area contributed by atoms with Crippen LogP contribution in [0.1, 0.15) is 5.56 Å². The summed E-state index contributed by atoms with van der Waals surface area (Å²) in [5.74, 6) is 1.67. The summed E-state index contributed by atoms with van der Waals surface area (Å²) in [6.07, 6.45) is 1.34. The van der Waals surface area contributed by atoms with Gasteiger partial charge in [0.1, 0.15) is 11.5 Å². The van der Waals surface area contributed by atoms with Gasteiger partial charge in [-0.3, -0.25) is 19.5 Å². The number of hydrogen-bond acceptors (Lipinski definition) is 9. The highest BCUT2D eigenvalue weighted by molar-refractivity contribution is 7.99. The van der Waals surface area contributed by atoms with Crippen molar-refractivity contribution in [2.24, 2.45) is 5.10 Å². The zero-order valence-corrected chi connectivity index (χ0v) is 20.7. The topological polar surface area (TPSA) is 134 Å². The molecule has 1 heterocycles. The first-order chi connectivity index (χ1) is 18.0. The lowest BCUT2D eigenvalue weighted by molar-refractivity contribution is -0.384. The van der Waals surface area contributed by atoms with Crippen LogP contribution in [-0.4, -0.2) is 51.8 Å². The number of nitrogens with one attached hydrogen (secondary N) is 1. The second-order valence-electron chi connectivity index (χ2n) is 7.50. The minimum atomic E-state index is -0.494. The fraction of sp³-hybridized carbons (Fsp3) is 0.120. The lowest BCUT2D eigenvalue weighted by Gasteiger charge is -2.11. The van der Waals surface area contributed by atoms with Crippen molar-refractivity contribution >= 4 is 29.6 Å². The third kappa shape index (κ3) is 6.30. The van der Waals surface area contributed by atoms with Crippen molar-refractivity contribution in [3.63, 3.8) is 0 Å². The molecule has 0 aliphatic carbocycles. The molecule has 0 saturated carbocycles. The molecule has 1 N–H and O–H groups in total. The van der Waals surface area contributed by atoms with Crippen molar-refractivity contribution < 1.29 is 19.2 Å². The van der Waals surface area contributed by atoms with Crippen molar-refractivity contribution in [3.05, 3.63) is 88.5 Å². The molecule has 3 aromatic carbocycles. The largest absolute Gasteiger partial charge is 0.497 e. The summed E-state index contributed by atoms with van der Waals surface area (Å²) >= 11 is 1.19. The zero-order valence-electron chi connectivity index (χ0n) is 19.9. The third-order valence-electron chi connectivity index (χ3n) is 5.13. The maximum absolute atomic E-state index is 12.4. The number of benzene rings is 3. The molecule has 0 saturated heterocycles. The lowest BCUT2D eigenvalue weighted by atomic mass is 10.2. The van der Waals surface area contributed by atoms with E-state index in [-0.39, 0.29) is 17.3 Å². The molecule has 1 amide bonds. The van der Waals surface area contributed by atoms with Crippen LogP contribution in [0.25, 0.3) is 17.1 Å². The maximum Gasteiger partial charge on any atom is 0.270 e. The van der Waals surface area contributed by atoms with Gasteiger partial charge in [-0.1, -0.05) is 23.9 Å². The van der Waals surface area contributed by atoms with E-state index in [9.17, 15) is 14.9 Å². The number of methoxy groups -OCH3 is 2. The number of nitro benzene ring substituents is 1. The molecule has 0 radical (unpaired) electrons. The number of nitrogens with zero attached hydrogens (tertiary/aromatic N) is 5.